The van der Waals surface area contributed by atoms with Crippen LogP contribution in [0.5, 0.6) is 0 Å². The summed E-state index contributed by atoms with van der Waals surface area (Å²) in [6.45, 7) is 3.80. The molecule has 0 aliphatic rings. The van der Waals surface area contributed by atoms with Crippen LogP contribution >= 0.6 is 34.5 Å². The number of thiophene rings is 1. The molecule has 2 N–H and O–H groups in total. The van der Waals surface area contributed by atoms with E-state index in [9.17, 15) is 4.39 Å². The first-order valence-electron chi connectivity index (χ1n) is 5.32. The highest BCUT2D eigenvalue weighted by atomic mass is 35.5. The Kier molecular flexibility index (Phi) is 3.70. The van der Waals surface area contributed by atoms with Crippen LogP contribution in [0.25, 0.3) is 0 Å². The Labute approximate surface area is 119 Å². The molecule has 18 heavy (non-hydrogen) atoms. The monoisotopic (exact) mass is 303 g/mol. The van der Waals surface area contributed by atoms with Crippen molar-refractivity contribution in [3.8, 4) is 0 Å². The van der Waals surface area contributed by atoms with Crippen LogP contribution in [0.4, 0.5) is 4.39 Å². The Morgan fingerprint density at radius 3 is 2.44 bits per heavy atom. The summed E-state index contributed by atoms with van der Waals surface area (Å²) in [4.78, 5) is 1.15. The zero-order valence-electron chi connectivity index (χ0n) is 9.93. The van der Waals surface area contributed by atoms with Crippen molar-refractivity contribution in [3.63, 3.8) is 0 Å². The van der Waals surface area contributed by atoms with Crippen molar-refractivity contribution in [2.24, 2.45) is 5.73 Å². The van der Waals surface area contributed by atoms with Crippen LogP contribution in [0.15, 0.2) is 23.6 Å². The van der Waals surface area contributed by atoms with Crippen LogP contribution in [0.2, 0.25) is 10.0 Å². The van der Waals surface area contributed by atoms with E-state index in [0.717, 1.165) is 10.4 Å². The largest absolute Gasteiger partial charge is 0.318 e. The van der Waals surface area contributed by atoms with Crippen LogP contribution in [-0.4, -0.2) is 0 Å². The van der Waals surface area contributed by atoms with Crippen LogP contribution in [-0.2, 0) is 5.54 Å². The minimum atomic E-state index is -0.840. The molecule has 0 aliphatic carbocycles. The van der Waals surface area contributed by atoms with Gasteiger partial charge in [0, 0.05) is 9.90 Å². The Hall–Kier alpha value is -0.610. The second-order valence-corrected chi connectivity index (χ2v) is 6.32. The van der Waals surface area contributed by atoms with Gasteiger partial charge in [0.2, 0.25) is 0 Å². The first-order chi connectivity index (χ1) is 8.32. The van der Waals surface area contributed by atoms with E-state index < -0.39 is 11.4 Å². The second-order valence-electron chi connectivity index (χ2n) is 4.39. The van der Waals surface area contributed by atoms with Gasteiger partial charge in [-0.05, 0) is 48.6 Å². The molecule has 2 aromatic rings. The number of benzene rings is 1. The van der Waals surface area contributed by atoms with Crippen LogP contribution in [0.1, 0.15) is 22.9 Å². The molecule has 1 unspecified atom stereocenters. The summed E-state index contributed by atoms with van der Waals surface area (Å²) in [5.74, 6) is -0.514. The van der Waals surface area contributed by atoms with E-state index >= 15 is 0 Å². The molecule has 0 radical (unpaired) electrons. The molecule has 1 aromatic heterocycles. The SMILES string of the molecule is Cc1cc(C(C)(N)c2cc(F)c(Cl)cc2Cl)cs1. The lowest BCUT2D eigenvalue weighted by Crippen LogP contribution is -2.34. The Balaban J connectivity index is 2.57. The summed E-state index contributed by atoms with van der Waals surface area (Å²) in [5, 5.41) is 2.33. The molecule has 0 aliphatic heterocycles. The number of aryl methyl sites for hydroxylation is 1. The lowest BCUT2D eigenvalue weighted by molar-refractivity contribution is 0.583. The van der Waals surface area contributed by atoms with Gasteiger partial charge in [-0.1, -0.05) is 23.2 Å². The van der Waals surface area contributed by atoms with E-state index in [2.05, 4.69) is 0 Å². The molecule has 2 rings (SSSR count). The van der Waals surface area contributed by atoms with E-state index in [-0.39, 0.29) is 5.02 Å². The van der Waals surface area contributed by atoms with Gasteiger partial charge in [-0.2, -0.15) is 0 Å². The third-order valence-electron chi connectivity index (χ3n) is 2.90. The van der Waals surface area contributed by atoms with Gasteiger partial charge in [0.15, 0.2) is 0 Å². The Morgan fingerprint density at radius 2 is 1.89 bits per heavy atom. The average Bonchev–Trinajstić information content (AvgIpc) is 2.70. The molecule has 96 valence electrons. The van der Waals surface area contributed by atoms with Gasteiger partial charge in [0.25, 0.3) is 0 Å². The van der Waals surface area contributed by atoms with E-state index in [4.69, 9.17) is 28.9 Å². The molecule has 0 bridgehead atoms. The van der Waals surface area contributed by atoms with Gasteiger partial charge < -0.3 is 5.73 Å². The summed E-state index contributed by atoms with van der Waals surface area (Å²) in [6, 6.07) is 4.67. The standard InChI is InChI=1S/C13H12Cl2FNS/c1-7-3-8(6-18-7)13(2,17)9-4-12(16)11(15)5-10(9)14/h3-6H,17H2,1-2H3. The van der Waals surface area contributed by atoms with Crippen LogP contribution in [0.3, 0.4) is 0 Å². The van der Waals surface area contributed by atoms with Crippen LogP contribution < -0.4 is 5.73 Å². The molecular weight excluding hydrogens is 292 g/mol. The molecule has 0 saturated heterocycles. The van der Waals surface area contributed by atoms with E-state index in [0.29, 0.717) is 10.6 Å². The molecule has 0 spiro atoms. The molecule has 0 amide bonds. The molecule has 1 heterocycles. The fourth-order valence-electron chi connectivity index (χ4n) is 1.79. The molecule has 0 saturated carbocycles. The van der Waals surface area contributed by atoms with Crippen molar-refractivity contribution < 1.29 is 4.39 Å². The maximum Gasteiger partial charge on any atom is 0.142 e. The van der Waals surface area contributed by atoms with Gasteiger partial charge in [0.1, 0.15) is 5.82 Å². The highest BCUT2D eigenvalue weighted by molar-refractivity contribution is 7.10. The summed E-state index contributed by atoms with van der Waals surface area (Å²) in [7, 11) is 0. The maximum atomic E-state index is 13.6. The number of halogens is 3. The zero-order valence-corrected chi connectivity index (χ0v) is 12.3. The van der Waals surface area contributed by atoms with Crippen LogP contribution in [0, 0.1) is 12.7 Å². The first kappa shape index (κ1) is 13.8. The zero-order chi connectivity index (χ0) is 13.5. The maximum absolute atomic E-state index is 13.6. The smallest absolute Gasteiger partial charge is 0.142 e. The van der Waals surface area contributed by atoms with Crippen molar-refractivity contribution in [2.75, 3.05) is 0 Å². The fourth-order valence-corrected chi connectivity index (χ4v) is 3.19. The highest BCUT2D eigenvalue weighted by Gasteiger charge is 2.28. The lowest BCUT2D eigenvalue weighted by atomic mass is 9.87. The van der Waals surface area contributed by atoms with Gasteiger partial charge in [-0.25, -0.2) is 4.39 Å². The minimum Gasteiger partial charge on any atom is -0.318 e. The van der Waals surface area contributed by atoms with Gasteiger partial charge in [-0.3, -0.25) is 0 Å². The third-order valence-corrected chi connectivity index (χ3v) is 4.36. The Morgan fingerprint density at radius 1 is 1.22 bits per heavy atom. The van der Waals surface area contributed by atoms with Crippen molar-refractivity contribution in [3.05, 3.63) is 55.4 Å². The predicted molar refractivity (Wildman–Crippen MR) is 76.1 cm³/mol. The minimum absolute atomic E-state index is 0.000971. The van der Waals surface area contributed by atoms with E-state index in [1.807, 2.05) is 25.3 Å². The molecule has 1 nitrogen and oxygen atoms in total. The number of hydrogen-bond donors (Lipinski definition) is 1. The quantitative estimate of drug-likeness (QED) is 0.798. The second kappa shape index (κ2) is 4.82. The predicted octanol–water partition coefficient (Wildman–Crippen LogP) is 4.72. The van der Waals surface area contributed by atoms with Crippen molar-refractivity contribution in [1.29, 1.82) is 0 Å². The Bertz CT molecular complexity index is 593. The molecule has 5 heteroatoms. The van der Waals surface area contributed by atoms with Crippen molar-refractivity contribution in [2.45, 2.75) is 19.4 Å². The van der Waals surface area contributed by atoms with E-state index in [1.54, 1.807) is 11.3 Å². The molecule has 1 atom stereocenters. The molecule has 0 fully saturated rings. The van der Waals surface area contributed by atoms with Gasteiger partial charge >= 0.3 is 0 Å². The summed E-state index contributed by atoms with van der Waals surface area (Å²) >= 11 is 13.4. The molecular formula is C13H12Cl2FNS. The first-order valence-corrected chi connectivity index (χ1v) is 6.95. The van der Waals surface area contributed by atoms with Crippen molar-refractivity contribution in [1.82, 2.24) is 0 Å². The summed E-state index contributed by atoms with van der Waals surface area (Å²) in [5.41, 5.74) is 6.91. The summed E-state index contributed by atoms with van der Waals surface area (Å²) in [6.07, 6.45) is 0. The normalized spacial score (nSPS) is 14.6. The lowest BCUT2D eigenvalue weighted by Gasteiger charge is -2.26. The summed E-state index contributed by atoms with van der Waals surface area (Å²) < 4.78 is 13.6. The van der Waals surface area contributed by atoms with Gasteiger partial charge in [0.05, 0.1) is 10.6 Å². The van der Waals surface area contributed by atoms with Crippen molar-refractivity contribution >= 4 is 34.5 Å². The topological polar surface area (TPSA) is 26.0 Å². The number of rotatable bonds is 2. The highest BCUT2D eigenvalue weighted by Crippen LogP contribution is 2.36. The fraction of sp³-hybridized carbons (Fsp3) is 0.231. The molecule has 1 aromatic carbocycles. The number of hydrogen-bond acceptors (Lipinski definition) is 2. The average molecular weight is 304 g/mol. The third kappa shape index (κ3) is 2.41. The number of nitrogens with two attached hydrogens (primary N) is 1. The van der Waals surface area contributed by atoms with E-state index in [1.165, 1.54) is 12.1 Å². The van der Waals surface area contributed by atoms with Gasteiger partial charge in [-0.15, -0.1) is 11.3 Å².